The lowest BCUT2D eigenvalue weighted by Gasteiger charge is -2.11. The molecule has 0 fully saturated rings. The highest BCUT2D eigenvalue weighted by molar-refractivity contribution is 7.17. The fourth-order valence-electron chi connectivity index (χ4n) is 2.34. The molecule has 0 unspecified atom stereocenters. The summed E-state index contributed by atoms with van der Waals surface area (Å²) in [5, 5.41) is 25.1. The summed E-state index contributed by atoms with van der Waals surface area (Å²) >= 11 is 1.14. The number of carbonyl (C=O) groups excluding carboxylic acids is 1. The van der Waals surface area contributed by atoms with E-state index < -0.39 is 0 Å². The molecule has 1 amide bonds. The van der Waals surface area contributed by atoms with Gasteiger partial charge in [-0.25, -0.2) is 9.97 Å². The minimum Gasteiger partial charge on any atom is -0.508 e. The van der Waals surface area contributed by atoms with Crippen LogP contribution in [-0.4, -0.2) is 21.0 Å². The molecule has 0 saturated carbocycles. The summed E-state index contributed by atoms with van der Waals surface area (Å²) in [4.78, 5) is 21.2. The lowest BCUT2D eigenvalue weighted by molar-refractivity contribution is 0.103. The predicted molar refractivity (Wildman–Crippen MR) is 99.9 cm³/mol. The van der Waals surface area contributed by atoms with Gasteiger partial charge in [-0.3, -0.25) is 4.79 Å². The number of pyridine rings is 1. The molecule has 3 N–H and O–H groups in total. The van der Waals surface area contributed by atoms with Gasteiger partial charge in [0, 0.05) is 11.8 Å². The minimum atomic E-state index is -0.325. The molecule has 2 heterocycles. The molecule has 0 spiro atoms. The van der Waals surface area contributed by atoms with Gasteiger partial charge in [0.05, 0.1) is 17.4 Å². The molecule has 130 valence electrons. The number of aromatic nitrogens is 2. The van der Waals surface area contributed by atoms with Crippen molar-refractivity contribution >= 4 is 33.9 Å². The second kappa shape index (κ2) is 7.21. The van der Waals surface area contributed by atoms with Crippen LogP contribution in [0.1, 0.15) is 26.4 Å². The number of amides is 1. The van der Waals surface area contributed by atoms with Crippen molar-refractivity contribution in [1.82, 2.24) is 9.97 Å². The molecule has 0 saturated heterocycles. The molecule has 3 rings (SSSR count). The number of anilines is 3. The van der Waals surface area contributed by atoms with Crippen LogP contribution >= 0.6 is 11.3 Å². The zero-order valence-corrected chi connectivity index (χ0v) is 14.9. The molecule has 3 aromatic rings. The van der Waals surface area contributed by atoms with E-state index in [0.717, 1.165) is 16.9 Å². The average Bonchev–Trinajstić information content (AvgIpc) is 3.11. The van der Waals surface area contributed by atoms with Gasteiger partial charge in [-0.1, -0.05) is 17.4 Å². The first kappa shape index (κ1) is 17.4. The summed E-state index contributed by atoms with van der Waals surface area (Å²) in [7, 11) is 0. The summed E-state index contributed by atoms with van der Waals surface area (Å²) in [5.74, 6) is 0.182. The van der Waals surface area contributed by atoms with Crippen LogP contribution in [0.25, 0.3) is 0 Å². The summed E-state index contributed by atoms with van der Waals surface area (Å²) in [6.07, 6.45) is 3.02. The van der Waals surface area contributed by atoms with Gasteiger partial charge in [0.15, 0.2) is 5.13 Å². The topological polar surface area (TPSA) is 111 Å². The smallest absolute Gasteiger partial charge is 0.267 e. The lowest BCUT2D eigenvalue weighted by Crippen LogP contribution is -2.12. The number of carbonyl (C=O) groups is 1. The molecular formula is C18H15N5O2S. The van der Waals surface area contributed by atoms with Gasteiger partial charge in [-0.05, 0) is 37.6 Å². The third kappa shape index (κ3) is 3.48. The molecule has 0 aliphatic rings. The van der Waals surface area contributed by atoms with Crippen LogP contribution in [0.3, 0.4) is 0 Å². The Bertz CT molecular complexity index is 1020. The molecular weight excluding hydrogens is 350 g/mol. The molecule has 0 bridgehead atoms. The highest BCUT2D eigenvalue weighted by Crippen LogP contribution is 2.29. The van der Waals surface area contributed by atoms with Crippen molar-refractivity contribution in [1.29, 1.82) is 5.26 Å². The van der Waals surface area contributed by atoms with Crippen LogP contribution in [0.4, 0.5) is 16.6 Å². The Hall–Kier alpha value is -3.44. The number of hydrogen-bond donors (Lipinski definition) is 3. The Balaban J connectivity index is 1.79. The zero-order chi connectivity index (χ0) is 18.7. The van der Waals surface area contributed by atoms with Crippen molar-refractivity contribution in [2.75, 3.05) is 10.6 Å². The van der Waals surface area contributed by atoms with E-state index in [2.05, 4.69) is 20.6 Å². The number of nitrogens with zero attached hydrogens (tertiary/aromatic N) is 3. The van der Waals surface area contributed by atoms with E-state index in [9.17, 15) is 9.90 Å². The molecule has 2 aromatic heterocycles. The second-order valence-corrected chi connectivity index (χ2v) is 6.55. The third-order valence-electron chi connectivity index (χ3n) is 3.77. The first-order valence-electron chi connectivity index (χ1n) is 7.68. The van der Waals surface area contributed by atoms with Gasteiger partial charge in [0.2, 0.25) is 0 Å². The van der Waals surface area contributed by atoms with Crippen molar-refractivity contribution in [3.05, 3.63) is 58.2 Å². The van der Waals surface area contributed by atoms with Gasteiger partial charge in [-0.15, -0.1) is 0 Å². The highest BCUT2D eigenvalue weighted by atomic mass is 32.1. The van der Waals surface area contributed by atoms with Crippen LogP contribution in [-0.2, 0) is 0 Å². The summed E-state index contributed by atoms with van der Waals surface area (Å²) in [6.45, 7) is 3.59. The monoisotopic (exact) mass is 365 g/mol. The Morgan fingerprint density at radius 2 is 2.08 bits per heavy atom. The standard InChI is InChI=1S/C18H15N5O2S/c1-10-5-6-13(24)11(2)15(10)22-17(25)14-9-21-18(26-14)23-16-12(8-19)4-3-7-20-16/h3-7,9,24H,1-2H3,(H,22,25)(H,20,21,23). The van der Waals surface area contributed by atoms with Crippen LogP contribution in [0.2, 0.25) is 0 Å². The first-order valence-corrected chi connectivity index (χ1v) is 8.49. The number of aryl methyl sites for hydroxylation is 1. The van der Waals surface area contributed by atoms with E-state index in [4.69, 9.17) is 5.26 Å². The summed E-state index contributed by atoms with van der Waals surface area (Å²) in [6, 6.07) is 8.69. The zero-order valence-electron chi connectivity index (χ0n) is 14.1. The molecule has 26 heavy (non-hydrogen) atoms. The average molecular weight is 365 g/mol. The molecule has 0 atom stereocenters. The van der Waals surface area contributed by atoms with E-state index in [1.165, 1.54) is 6.20 Å². The van der Waals surface area contributed by atoms with Crippen LogP contribution < -0.4 is 10.6 Å². The minimum absolute atomic E-state index is 0.122. The van der Waals surface area contributed by atoms with Gasteiger partial charge < -0.3 is 15.7 Å². The predicted octanol–water partition coefficient (Wildman–Crippen LogP) is 3.73. The number of aromatic hydroxyl groups is 1. The quantitative estimate of drug-likeness (QED) is 0.650. The SMILES string of the molecule is Cc1ccc(O)c(C)c1NC(=O)c1cnc(Nc2ncccc2C#N)s1. The molecule has 0 aliphatic heterocycles. The number of hydrogen-bond acceptors (Lipinski definition) is 7. The van der Waals surface area contributed by atoms with Gasteiger partial charge in [0.25, 0.3) is 5.91 Å². The van der Waals surface area contributed by atoms with Crippen molar-refractivity contribution in [2.24, 2.45) is 0 Å². The van der Waals surface area contributed by atoms with Gasteiger partial charge in [-0.2, -0.15) is 5.26 Å². The molecule has 0 radical (unpaired) electrons. The van der Waals surface area contributed by atoms with E-state index in [1.54, 1.807) is 37.4 Å². The Labute approximate surface area is 154 Å². The number of thiazole rings is 1. The van der Waals surface area contributed by atoms with E-state index in [0.29, 0.717) is 32.6 Å². The van der Waals surface area contributed by atoms with E-state index >= 15 is 0 Å². The third-order valence-corrected chi connectivity index (χ3v) is 4.68. The highest BCUT2D eigenvalue weighted by Gasteiger charge is 2.15. The molecule has 1 aromatic carbocycles. The number of nitriles is 1. The Kier molecular flexibility index (Phi) is 4.82. The normalized spacial score (nSPS) is 10.2. The maximum atomic E-state index is 12.5. The Morgan fingerprint density at radius 1 is 1.27 bits per heavy atom. The fraction of sp³-hybridized carbons (Fsp3) is 0.111. The molecule has 7 nitrogen and oxygen atoms in total. The van der Waals surface area contributed by atoms with Crippen molar-refractivity contribution in [3.8, 4) is 11.8 Å². The van der Waals surface area contributed by atoms with Crippen LogP contribution in [0.5, 0.6) is 5.75 Å². The Morgan fingerprint density at radius 3 is 2.85 bits per heavy atom. The van der Waals surface area contributed by atoms with Crippen LogP contribution in [0, 0.1) is 25.2 Å². The fourth-order valence-corrected chi connectivity index (χ4v) is 3.05. The van der Waals surface area contributed by atoms with Crippen molar-refractivity contribution in [2.45, 2.75) is 13.8 Å². The van der Waals surface area contributed by atoms with Gasteiger partial charge in [0.1, 0.15) is 22.5 Å². The molecule has 0 aliphatic carbocycles. The van der Waals surface area contributed by atoms with Gasteiger partial charge >= 0.3 is 0 Å². The summed E-state index contributed by atoms with van der Waals surface area (Å²) in [5.41, 5.74) is 2.42. The second-order valence-electron chi connectivity index (χ2n) is 5.52. The lowest BCUT2D eigenvalue weighted by atomic mass is 10.1. The van der Waals surface area contributed by atoms with Crippen molar-refractivity contribution < 1.29 is 9.90 Å². The number of benzene rings is 1. The number of rotatable bonds is 4. The van der Waals surface area contributed by atoms with E-state index in [1.807, 2.05) is 13.0 Å². The number of nitrogens with one attached hydrogen (secondary N) is 2. The van der Waals surface area contributed by atoms with Crippen molar-refractivity contribution in [3.63, 3.8) is 0 Å². The van der Waals surface area contributed by atoms with Crippen LogP contribution in [0.15, 0.2) is 36.7 Å². The largest absolute Gasteiger partial charge is 0.508 e. The maximum Gasteiger partial charge on any atom is 0.267 e. The number of phenolic OH excluding ortho intramolecular Hbond substituents is 1. The van der Waals surface area contributed by atoms with E-state index in [-0.39, 0.29) is 11.7 Å². The molecule has 8 heteroatoms. The maximum absolute atomic E-state index is 12.5. The summed E-state index contributed by atoms with van der Waals surface area (Å²) < 4.78 is 0. The number of phenols is 1. The first-order chi connectivity index (χ1) is 12.5.